The molecule has 0 aliphatic carbocycles. The van der Waals surface area contributed by atoms with E-state index < -0.39 is 0 Å². The van der Waals surface area contributed by atoms with E-state index >= 15 is 0 Å². The molecule has 34 heavy (non-hydrogen) atoms. The summed E-state index contributed by atoms with van der Waals surface area (Å²) in [5.74, 6) is 1.52. The number of unbranched alkanes of at least 4 members (excludes halogenated alkanes) is 1. The van der Waals surface area contributed by atoms with Crippen molar-refractivity contribution in [1.29, 1.82) is 0 Å². The van der Waals surface area contributed by atoms with Crippen molar-refractivity contribution in [3.8, 4) is 0 Å². The number of benzene rings is 2. The molecule has 2 aromatic heterocycles. The molecule has 0 spiro atoms. The van der Waals surface area contributed by atoms with Gasteiger partial charge in [-0.1, -0.05) is 61.9 Å². The summed E-state index contributed by atoms with van der Waals surface area (Å²) in [4.78, 5) is 21.5. The fourth-order valence-electron chi connectivity index (χ4n) is 4.18. The third-order valence-corrected chi connectivity index (χ3v) is 5.95. The third kappa shape index (κ3) is 5.72. The summed E-state index contributed by atoms with van der Waals surface area (Å²) in [5.41, 5.74) is 10.1. The lowest BCUT2D eigenvalue weighted by atomic mass is 10.1. The van der Waals surface area contributed by atoms with E-state index in [1.54, 1.807) is 0 Å². The molecule has 0 aliphatic rings. The lowest BCUT2D eigenvalue weighted by molar-refractivity contribution is -0.121. The van der Waals surface area contributed by atoms with Crippen LogP contribution in [0.1, 0.15) is 37.6 Å². The van der Waals surface area contributed by atoms with Gasteiger partial charge in [-0.25, -0.2) is 9.97 Å². The minimum atomic E-state index is 0.0457. The number of nitrogens with zero attached hydrogens (tertiary/aromatic N) is 3. The highest BCUT2D eigenvalue weighted by Gasteiger charge is 2.16. The van der Waals surface area contributed by atoms with E-state index in [2.05, 4.69) is 27.9 Å². The molecule has 1 amide bonds. The molecule has 0 bridgehead atoms. The van der Waals surface area contributed by atoms with Crippen molar-refractivity contribution in [1.82, 2.24) is 19.9 Å². The van der Waals surface area contributed by atoms with Crippen molar-refractivity contribution in [2.24, 2.45) is 0 Å². The average molecular weight is 460 g/mol. The first-order chi connectivity index (χ1) is 16.7. The fraction of sp³-hybridized carbons (Fsp3) is 0.370. The number of anilines is 1. The van der Waals surface area contributed by atoms with E-state index in [9.17, 15) is 4.79 Å². The molecule has 7 nitrogen and oxygen atoms in total. The Labute approximate surface area is 200 Å². The lowest BCUT2D eigenvalue weighted by Crippen LogP contribution is -2.27. The van der Waals surface area contributed by atoms with Crippen molar-refractivity contribution in [3.63, 3.8) is 0 Å². The first kappa shape index (κ1) is 23.7. The number of para-hydroxylation sites is 1. The van der Waals surface area contributed by atoms with E-state index in [4.69, 9.17) is 15.5 Å². The van der Waals surface area contributed by atoms with Crippen LogP contribution in [0.4, 0.5) is 5.82 Å². The van der Waals surface area contributed by atoms with Crippen molar-refractivity contribution in [2.45, 2.75) is 45.6 Å². The molecular formula is C27H33N5O2. The number of nitrogens with two attached hydrogens (primary N) is 1. The highest BCUT2D eigenvalue weighted by atomic mass is 16.5. The minimum Gasteiger partial charge on any atom is -0.382 e. The van der Waals surface area contributed by atoms with Gasteiger partial charge in [0.2, 0.25) is 5.91 Å². The Kier molecular flexibility index (Phi) is 8.09. The summed E-state index contributed by atoms with van der Waals surface area (Å²) < 4.78 is 8.09. The number of imidazole rings is 1. The van der Waals surface area contributed by atoms with Crippen LogP contribution < -0.4 is 11.1 Å². The average Bonchev–Trinajstić information content (AvgIpc) is 3.23. The predicted molar refractivity (Wildman–Crippen MR) is 137 cm³/mol. The summed E-state index contributed by atoms with van der Waals surface area (Å²) in [7, 11) is 0. The number of aryl methyl sites for hydroxylation is 2. The molecule has 7 heteroatoms. The summed E-state index contributed by atoms with van der Waals surface area (Å²) in [5, 5.41) is 3.99. The van der Waals surface area contributed by atoms with Crippen LogP contribution in [0.5, 0.6) is 0 Å². The van der Waals surface area contributed by atoms with E-state index in [1.807, 2.05) is 48.5 Å². The zero-order valence-electron chi connectivity index (χ0n) is 19.8. The summed E-state index contributed by atoms with van der Waals surface area (Å²) >= 11 is 0. The molecule has 178 valence electrons. The standard InChI is InChI=1S/C27H33N5O2/c1-2-3-13-23-31-25-26(21-11-7-8-12-22(21)30-27(25)28)32(23)17-19-34-18-16-29-24(33)15-14-20-9-5-4-6-10-20/h4-12H,2-3,13-19H2,1H3,(H2,28,30)(H,29,33). The molecule has 0 unspecified atom stereocenters. The number of carbonyl (C=O) groups is 1. The van der Waals surface area contributed by atoms with Gasteiger partial charge < -0.3 is 20.4 Å². The molecule has 0 fully saturated rings. The van der Waals surface area contributed by atoms with Gasteiger partial charge in [0.1, 0.15) is 11.3 Å². The van der Waals surface area contributed by atoms with Gasteiger partial charge in [-0.3, -0.25) is 4.79 Å². The Morgan fingerprint density at radius 2 is 1.82 bits per heavy atom. The van der Waals surface area contributed by atoms with Gasteiger partial charge in [0.15, 0.2) is 5.82 Å². The van der Waals surface area contributed by atoms with Crippen molar-refractivity contribution in [2.75, 3.05) is 25.5 Å². The van der Waals surface area contributed by atoms with Crippen LogP contribution in [0.25, 0.3) is 21.9 Å². The van der Waals surface area contributed by atoms with Crippen molar-refractivity contribution in [3.05, 3.63) is 66.0 Å². The Morgan fingerprint density at radius 3 is 2.65 bits per heavy atom. The molecule has 2 aromatic carbocycles. The van der Waals surface area contributed by atoms with Crippen LogP contribution in [0.15, 0.2) is 54.6 Å². The molecule has 4 rings (SSSR count). The van der Waals surface area contributed by atoms with E-state index in [0.29, 0.717) is 38.5 Å². The summed E-state index contributed by atoms with van der Waals surface area (Å²) in [6.45, 7) is 4.35. The van der Waals surface area contributed by atoms with Crippen molar-refractivity contribution < 1.29 is 9.53 Å². The van der Waals surface area contributed by atoms with Gasteiger partial charge in [0.05, 0.1) is 24.2 Å². The van der Waals surface area contributed by atoms with Gasteiger partial charge in [-0.15, -0.1) is 0 Å². The maximum Gasteiger partial charge on any atom is 0.220 e. The first-order valence-electron chi connectivity index (χ1n) is 12.1. The van der Waals surface area contributed by atoms with Gasteiger partial charge in [0.25, 0.3) is 0 Å². The summed E-state index contributed by atoms with van der Waals surface area (Å²) in [6.07, 6.45) is 4.26. The molecule has 0 aliphatic heterocycles. The fourth-order valence-corrected chi connectivity index (χ4v) is 4.18. The largest absolute Gasteiger partial charge is 0.382 e. The smallest absolute Gasteiger partial charge is 0.220 e. The zero-order valence-corrected chi connectivity index (χ0v) is 19.8. The Bertz CT molecular complexity index is 1240. The molecule has 0 atom stereocenters. The maximum atomic E-state index is 12.1. The Morgan fingerprint density at radius 1 is 1.03 bits per heavy atom. The maximum absolute atomic E-state index is 12.1. The number of nitrogens with one attached hydrogen (secondary N) is 1. The molecular weight excluding hydrogens is 426 g/mol. The second-order valence-electron chi connectivity index (χ2n) is 8.44. The van der Waals surface area contributed by atoms with Crippen LogP contribution in [0.2, 0.25) is 0 Å². The number of aromatic nitrogens is 3. The number of hydrogen-bond donors (Lipinski definition) is 2. The van der Waals surface area contributed by atoms with Gasteiger partial charge in [-0.05, 0) is 24.5 Å². The molecule has 0 saturated carbocycles. The van der Waals surface area contributed by atoms with Crippen molar-refractivity contribution >= 4 is 33.7 Å². The van der Waals surface area contributed by atoms with E-state index in [-0.39, 0.29) is 5.91 Å². The quantitative estimate of drug-likeness (QED) is 0.309. The Hall–Kier alpha value is -3.45. The molecule has 0 saturated heterocycles. The monoisotopic (exact) mass is 459 g/mol. The number of nitrogen functional groups attached to an aromatic ring is 1. The van der Waals surface area contributed by atoms with Crippen LogP contribution in [-0.2, 0) is 28.9 Å². The van der Waals surface area contributed by atoms with Crippen LogP contribution in [-0.4, -0.2) is 40.2 Å². The van der Waals surface area contributed by atoms with Gasteiger partial charge in [0, 0.05) is 31.3 Å². The van der Waals surface area contributed by atoms with Crippen LogP contribution in [0.3, 0.4) is 0 Å². The van der Waals surface area contributed by atoms with Crippen LogP contribution in [0, 0.1) is 0 Å². The van der Waals surface area contributed by atoms with Crippen LogP contribution >= 0.6 is 0 Å². The molecule has 0 radical (unpaired) electrons. The SMILES string of the molecule is CCCCc1nc2c(N)nc3ccccc3c2n1CCOCCNC(=O)CCc1ccccc1. The molecule has 3 N–H and O–H groups in total. The van der Waals surface area contributed by atoms with E-state index in [0.717, 1.165) is 53.4 Å². The highest BCUT2D eigenvalue weighted by Crippen LogP contribution is 2.29. The normalized spacial score (nSPS) is 11.3. The third-order valence-electron chi connectivity index (χ3n) is 5.95. The summed E-state index contributed by atoms with van der Waals surface area (Å²) in [6, 6.07) is 18.1. The second kappa shape index (κ2) is 11.6. The second-order valence-corrected chi connectivity index (χ2v) is 8.44. The molecule has 4 aromatic rings. The lowest BCUT2D eigenvalue weighted by Gasteiger charge is -2.12. The van der Waals surface area contributed by atoms with Gasteiger partial charge >= 0.3 is 0 Å². The number of rotatable bonds is 12. The minimum absolute atomic E-state index is 0.0457. The number of carbonyl (C=O) groups excluding carboxylic acids is 1. The number of amides is 1. The predicted octanol–water partition coefficient (Wildman–Crippen LogP) is 4.27. The number of fused-ring (bicyclic) bond motifs is 3. The number of ether oxygens (including phenoxy) is 1. The Balaban J connectivity index is 1.34. The number of hydrogen-bond acceptors (Lipinski definition) is 5. The topological polar surface area (TPSA) is 95.1 Å². The zero-order chi connectivity index (χ0) is 23.8. The van der Waals surface area contributed by atoms with Gasteiger partial charge in [-0.2, -0.15) is 0 Å². The first-order valence-corrected chi connectivity index (χ1v) is 12.1. The van der Waals surface area contributed by atoms with E-state index in [1.165, 1.54) is 5.56 Å². The highest BCUT2D eigenvalue weighted by molar-refractivity contribution is 6.06. The number of pyridine rings is 1. The molecule has 2 heterocycles.